The van der Waals surface area contributed by atoms with E-state index in [2.05, 4.69) is 9.88 Å². The van der Waals surface area contributed by atoms with Crippen molar-refractivity contribution in [1.82, 2.24) is 14.5 Å². The summed E-state index contributed by atoms with van der Waals surface area (Å²) in [5.41, 5.74) is 7.04. The molecule has 2 fully saturated rings. The van der Waals surface area contributed by atoms with Crippen LogP contribution < -0.4 is 5.73 Å². The average Bonchev–Trinajstić information content (AvgIpc) is 3.05. The molecule has 2 atom stereocenters. The second-order valence-corrected chi connectivity index (χ2v) is 5.93. The Kier molecular flexibility index (Phi) is 3.08. The molecule has 1 aromatic heterocycles. The third-order valence-electron chi connectivity index (χ3n) is 4.61. The van der Waals surface area contributed by atoms with Crippen LogP contribution in [-0.2, 0) is 11.3 Å². The number of nitrogens with zero attached hydrogens (tertiary/aromatic N) is 3. The maximum absolute atomic E-state index is 13.8. The average molecular weight is 290 g/mol. The van der Waals surface area contributed by atoms with Gasteiger partial charge >= 0.3 is 0 Å². The van der Waals surface area contributed by atoms with Crippen molar-refractivity contribution in [3.8, 4) is 0 Å². The second-order valence-electron chi connectivity index (χ2n) is 5.93. The molecule has 112 valence electrons. The summed E-state index contributed by atoms with van der Waals surface area (Å²) in [6.45, 7) is 3.47. The van der Waals surface area contributed by atoms with Crippen LogP contribution in [-0.4, -0.2) is 46.3 Å². The zero-order valence-corrected chi connectivity index (χ0v) is 11.8. The van der Waals surface area contributed by atoms with Gasteiger partial charge in [0.25, 0.3) is 0 Å². The molecule has 0 bridgehead atoms. The first kappa shape index (κ1) is 13.0. The second kappa shape index (κ2) is 4.96. The molecule has 0 saturated carbocycles. The first-order valence-electron chi connectivity index (χ1n) is 7.48. The molecule has 0 aliphatic carbocycles. The van der Waals surface area contributed by atoms with Crippen LogP contribution in [0.15, 0.2) is 18.2 Å². The Labute approximate surface area is 122 Å². The Morgan fingerprint density at radius 3 is 3.24 bits per heavy atom. The smallest absolute Gasteiger partial charge is 0.201 e. The lowest BCUT2D eigenvalue weighted by Crippen LogP contribution is -2.47. The van der Waals surface area contributed by atoms with Crippen LogP contribution in [0.1, 0.15) is 12.8 Å². The van der Waals surface area contributed by atoms with Crippen molar-refractivity contribution in [1.29, 1.82) is 0 Å². The van der Waals surface area contributed by atoms with Gasteiger partial charge in [-0.2, -0.15) is 0 Å². The molecule has 1 aromatic carbocycles. The lowest BCUT2D eigenvalue weighted by Gasteiger charge is -2.35. The summed E-state index contributed by atoms with van der Waals surface area (Å²) in [5.74, 6) is 0.0179. The lowest BCUT2D eigenvalue weighted by atomic mass is 10.2. The number of fused-ring (bicyclic) bond motifs is 2. The molecule has 6 heteroatoms. The number of ether oxygens (including phenoxy) is 1. The fraction of sp³-hybridized carbons (Fsp3) is 0.533. The number of benzene rings is 1. The Morgan fingerprint density at radius 1 is 1.43 bits per heavy atom. The highest BCUT2D eigenvalue weighted by molar-refractivity contribution is 5.78. The number of imidazole rings is 1. The minimum atomic E-state index is -0.331. The number of para-hydroxylation sites is 1. The van der Waals surface area contributed by atoms with Crippen molar-refractivity contribution >= 4 is 17.0 Å². The molecule has 2 aromatic rings. The monoisotopic (exact) mass is 290 g/mol. The van der Waals surface area contributed by atoms with Crippen molar-refractivity contribution < 1.29 is 9.13 Å². The molecule has 2 aliphatic heterocycles. The number of anilines is 1. The van der Waals surface area contributed by atoms with Gasteiger partial charge in [0.2, 0.25) is 5.95 Å². The number of aromatic nitrogens is 2. The van der Waals surface area contributed by atoms with Gasteiger partial charge in [-0.05, 0) is 31.5 Å². The molecule has 0 radical (unpaired) electrons. The van der Waals surface area contributed by atoms with Gasteiger partial charge in [-0.25, -0.2) is 9.37 Å². The van der Waals surface area contributed by atoms with Crippen LogP contribution in [0.4, 0.5) is 10.3 Å². The summed E-state index contributed by atoms with van der Waals surface area (Å²) in [4.78, 5) is 6.63. The predicted molar refractivity (Wildman–Crippen MR) is 78.4 cm³/mol. The first-order chi connectivity index (χ1) is 10.2. The third kappa shape index (κ3) is 2.18. The van der Waals surface area contributed by atoms with Crippen LogP contribution in [0.2, 0.25) is 0 Å². The van der Waals surface area contributed by atoms with Crippen LogP contribution >= 0.6 is 0 Å². The molecule has 5 nitrogen and oxygen atoms in total. The zero-order valence-electron chi connectivity index (χ0n) is 11.8. The molecule has 0 amide bonds. The summed E-state index contributed by atoms with van der Waals surface area (Å²) in [6.07, 6.45) is 2.57. The van der Waals surface area contributed by atoms with E-state index in [0.717, 1.165) is 25.2 Å². The topological polar surface area (TPSA) is 56.3 Å². The van der Waals surface area contributed by atoms with Gasteiger partial charge in [-0.15, -0.1) is 0 Å². The van der Waals surface area contributed by atoms with E-state index in [4.69, 9.17) is 10.5 Å². The van der Waals surface area contributed by atoms with E-state index in [-0.39, 0.29) is 11.9 Å². The van der Waals surface area contributed by atoms with E-state index in [1.165, 1.54) is 18.9 Å². The van der Waals surface area contributed by atoms with E-state index in [9.17, 15) is 4.39 Å². The molecule has 0 spiro atoms. The van der Waals surface area contributed by atoms with Gasteiger partial charge in [0.15, 0.2) is 5.82 Å². The zero-order chi connectivity index (χ0) is 14.4. The van der Waals surface area contributed by atoms with Gasteiger partial charge < -0.3 is 15.0 Å². The summed E-state index contributed by atoms with van der Waals surface area (Å²) in [7, 11) is 0. The van der Waals surface area contributed by atoms with E-state index >= 15 is 0 Å². The highest BCUT2D eigenvalue weighted by atomic mass is 19.1. The fourth-order valence-corrected chi connectivity index (χ4v) is 3.52. The molecule has 4 rings (SSSR count). The van der Waals surface area contributed by atoms with Gasteiger partial charge in [-0.3, -0.25) is 4.90 Å². The number of morpholine rings is 1. The summed E-state index contributed by atoms with van der Waals surface area (Å²) in [6, 6.07) is 5.53. The molecule has 21 heavy (non-hydrogen) atoms. The number of rotatable bonds is 2. The number of halogens is 1. The van der Waals surface area contributed by atoms with Gasteiger partial charge in [0.1, 0.15) is 5.52 Å². The van der Waals surface area contributed by atoms with Crippen molar-refractivity contribution in [2.75, 3.05) is 25.4 Å². The third-order valence-corrected chi connectivity index (χ3v) is 4.61. The van der Waals surface area contributed by atoms with Crippen LogP contribution in [0.5, 0.6) is 0 Å². The quantitative estimate of drug-likeness (QED) is 0.913. The van der Waals surface area contributed by atoms with Gasteiger partial charge in [-0.1, -0.05) is 6.07 Å². The Morgan fingerprint density at radius 2 is 2.33 bits per heavy atom. The largest absolute Gasteiger partial charge is 0.373 e. The standard InChI is InChI=1S/C15H19FN4O/c16-12-4-1-5-13-14(12)18-15(17)20(13)8-11-7-19-6-2-3-10(19)9-21-11/h1,4-5,10-11H,2-3,6-9H2,(H2,17,18). The van der Waals surface area contributed by atoms with Crippen molar-refractivity contribution in [3.05, 3.63) is 24.0 Å². The van der Waals surface area contributed by atoms with Crippen molar-refractivity contribution in [2.24, 2.45) is 0 Å². The molecule has 2 saturated heterocycles. The minimum absolute atomic E-state index is 0.0855. The lowest BCUT2D eigenvalue weighted by molar-refractivity contribution is -0.0545. The number of hydrogen-bond donors (Lipinski definition) is 1. The van der Waals surface area contributed by atoms with Crippen molar-refractivity contribution in [2.45, 2.75) is 31.5 Å². The summed E-state index contributed by atoms with van der Waals surface area (Å²) in [5, 5.41) is 0. The Hall–Kier alpha value is -1.66. The molecule has 2 N–H and O–H groups in total. The number of hydrogen-bond acceptors (Lipinski definition) is 4. The van der Waals surface area contributed by atoms with Gasteiger partial charge in [0, 0.05) is 12.6 Å². The van der Waals surface area contributed by atoms with Crippen molar-refractivity contribution in [3.63, 3.8) is 0 Å². The normalized spacial score (nSPS) is 26.3. The van der Waals surface area contributed by atoms with E-state index < -0.39 is 0 Å². The summed E-state index contributed by atoms with van der Waals surface area (Å²) >= 11 is 0. The van der Waals surface area contributed by atoms with Crippen LogP contribution in [0.3, 0.4) is 0 Å². The van der Waals surface area contributed by atoms with E-state index in [1.807, 2.05) is 10.6 Å². The Balaban J connectivity index is 1.60. The van der Waals surface area contributed by atoms with Crippen LogP contribution in [0.25, 0.3) is 11.0 Å². The minimum Gasteiger partial charge on any atom is -0.373 e. The van der Waals surface area contributed by atoms with E-state index in [0.29, 0.717) is 24.1 Å². The van der Waals surface area contributed by atoms with E-state index in [1.54, 1.807) is 6.07 Å². The Bertz CT molecular complexity index is 671. The fourth-order valence-electron chi connectivity index (χ4n) is 3.52. The maximum atomic E-state index is 13.8. The van der Waals surface area contributed by atoms with Crippen LogP contribution in [0, 0.1) is 5.82 Å². The molecule has 3 heterocycles. The first-order valence-corrected chi connectivity index (χ1v) is 7.48. The predicted octanol–water partition coefficient (Wildman–Crippen LogP) is 1.62. The molecular formula is C15H19FN4O. The maximum Gasteiger partial charge on any atom is 0.201 e. The molecule has 2 unspecified atom stereocenters. The van der Waals surface area contributed by atoms with Gasteiger partial charge in [0.05, 0.1) is 24.8 Å². The molecular weight excluding hydrogens is 271 g/mol. The SMILES string of the molecule is Nc1nc2c(F)cccc2n1CC1CN2CCCC2CO1. The summed E-state index contributed by atoms with van der Waals surface area (Å²) < 4.78 is 21.6. The number of nitrogen functional groups attached to an aromatic ring is 1. The highest BCUT2D eigenvalue weighted by Gasteiger charge is 2.32. The highest BCUT2D eigenvalue weighted by Crippen LogP contribution is 2.25. The number of nitrogens with two attached hydrogens (primary N) is 1. The molecule has 2 aliphatic rings.